The van der Waals surface area contributed by atoms with Crippen molar-refractivity contribution in [3.63, 3.8) is 0 Å². The molecule has 0 aliphatic rings. The van der Waals surface area contributed by atoms with Crippen LogP contribution in [0.3, 0.4) is 0 Å². The number of carboxylic acids is 2. The summed E-state index contributed by atoms with van der Waals surface area (Å²) >= 11 is 4.13. The highest BCUT2D eigenvalue weighted by Crippen LogP contribution is 2.30. The smallest absolute Gasteiger partial charge is 0.304 e. The Kier molecular flexibility index (Phi) is 35.3. The van der Waals surface area contributed by atoms with Crippen LogP contribution >= 0.6 is 12.6 Å². The number of rotatable bonds is 11. The van der Waals surface area contributed by atoms with Gasteiger partial charge in [0.25, 0.3) is 0 Å². The Balaban J connectivity index is -0.000000719. The van der Waals surface area contributed by atoms with Crippen LogP contribution in [0, 0.1) is 28.1 Å². The largest absolute Gasteiger partial charge is 0.550 e. The summed E-state index contributed by atoms with van der Waals surface area (Å²) in [4.78, 5) is 24.6. The highest BCUT2D eigenvalue weighted by molar-refractivity contribution is 7.97. The van der Waals surface area contributed by atoms with E-state index in [-0.39, 0.29) is 17.3 Å². The van der Waals surface area contributed by atoms with Crippen LogP contribution < -0.4 is 5.11 Å². The van der Waals surface area contributed by atoms with E-state index < -0.39 is 17.9 Å². The normalized spacial score (nSPS) is 11.4. The zero-order valence-electron chi connectivity index (χ0n) is 43.2. The summed E-state index contributed by atoms with van der Waals surface area (Å²) < 4.78 is 0. The van der Waals surface area contributed by atoms with Gasteiger partial charge in [0.05, 0.1) is 17.3 Å². The molecule has 63 heavy (non-hydrogen) atoms. The van der Waals surface area contributed by atoms with Gasteiger partial charge in [-0.05, 0) is 94.6 Å². The van der Waals surface area contributed by atoms with Gasteiger partial charge < -0.3 is 15.0 Å². The lowest BCUT2D eigenvalue weighted by molar-refractivity contribution is -0.312. The van der Waals surface area contributed by atoms with Gasteiger partial charge in [0.1, 0.15) is 0 Å². The molecule has 0 bridgehead atoms. The summed E-state index contributed by atoms with van der Waals surface area (Å²) in [6, 6.07) is 42.7. The second kappa shape index (κ2) is 34.9. The van der Waals surface area contributed by atoms with Gasteiger partial charge in [0.15, 0.2) is 14.7 Å². The summed E-state index contributed by atoms with van der Waals surface area (Å²) in [7, 11) is -0.0146. The Morgan fingerprint density at radius 2 is 0.889 bits per heavy atom. The molecule has 0 aliphatic heterocycles. The van der Waals surface area contributed by atoms with E-state index in [9.17, 15) is 14.7 Å². The molecule has 4 aromatic carbocycles. The van der Waals surface area contributed by atoms with E-state index in [1.54, 1.807) is 0 Å². The van der Waals surface area contributed by atoms with Crippen LogP contribution in [0.25, 0.3) is 0 Å². The van der Waals surface area contributed by atoms with Crippen LogP contribution in [0.5, 0.6) is 0 Å². The number of hydrogen-bond donors (Lipinski definition) is 2. The number of hydrogen-bond acceptors (Lipinski definition) is 4. The van der Waals surface area contributed by atoms with E-state index in [2.05, 4.69) is 252 Å². The first-order valence-electron chi connectivity index (χ1n) is 22.9. The summed E-state index contributed by atoms with van der Waals surface area (Å²) in [6.45, 7) is 39.4. The zero-order chi connectivity index (χ0) is 49.3. The van der Waals surface area contributed by atoms with Gasteiger partial charge in [-0.3, -0.25) is 4.79 Å². The first kappa shape index (κ1) is 63.8. The molecule has 0 aromatic heterocycles. The van der Waals surface area contributed by atoms with Crippen molar-refractivity contribution in [2.75, 3.05) is 5.75 Å². The minimum Gasteiger partial charge on any atom is -0.550 e. The lowest BCUT2D eigenvalue weighted by Crippen LogP contribution is -2.32. The minimum atomic E-state index is -1.26. The van der Waals surface area contributed by atoms with Crippen molar-refractivity contribution < 1.29 is 19.8 Å². The van der Waals surface area contributed by atoms with Crippen molar-refractivity contribution in [1.29, 1.82) is 0 Å². The van der Waals surface area contributed by atoms with Gasteiger partial charge in [0, 0.05) is 11.9 Å². The lowest BCUT2D eigenvalue weighted by atomic mass is 9.87. The first-order valence-corrected chi connectivity index (χ1v) is 24.8. The van der Waals surface area contributed by atoms with E-state index >= 15 is 0 Å². The number of thiol groups is 1. The Labute approximate surface area is 397 Å². The monoisotopic (exact) mass is 905 g/mol. The SMILES string of the molecule is CC(C)(C)C.CC(C)(C)C.CC(C)(C)CCCS.CC(C)(C)c1ccccc1.CC(C)C.CCCCC(CC(=O)O)C(=O)[O-].c1ccc([S+](c2ccccc2)c2ccccc2)cc1. The molecule has 1 unspecified atom stereocenters. The molecular formula is C57H92O4S2. The van der Waals surface area contributed by atoms with Gasteiger partial charge in [-0.25, -0.2) is 0 Å². The van der Waals surface area contributed by atoms with Gasteiger partial charge in [-0.15, -0.1) is 0 Å². The van der Waals surface area contributed by atoms with Crippen LogP contribution in [0.4, 0.5) is 0 Å². The molecule has 0 saturated heterocycles. The quantitative estimate of drug-likeness (QED) is 0.116. The van der Waals surface area contributed by atoms with Crippen LogP contribution in [0.2, 0.25) is 0 Å². The molecule has 4 nitrogen and oxygen atoms in total. The third-order valence-corrected chi connectivity index (χ3v) is 9.87. The minimum absolute atomic E-state index is 0.0146. The Hall–Kier alpha value is -3.48. The Morgan fingerprint density at radius 3 is 1.08 bits per heavy atom. The number of unbranched alkanes of at least 4 members (excludes halogenated alkanes) is 1. The number of carbonyl (C=O) groups is 2. The van der Waals surface area contributed by atoms with Gasteiger partial charge >= 0.3 is 5.97 Å². The topological polar surface area (TPSA) is 77.4 Å². The fourth-order valence-electron chi connectivity index (χ4n) is 4.59. The molecule has 4 rings (SSSR count). The van der Waals surface area contributed by atoms with Gasteiger partial charge in [-0.2, -0.15) is 12.6 Å². The van der Waals surface area contributed by atoms with Crippen molar-refractivity contribution >= 4 is 35.5 Å². The molecule has 0 amide bonds. The molecule has 0 aliphatic carbocycles. The van der Waals surface area contributed by atoms with E-state index in [0.29, 0.717) is 28.1 Å². The van der Waals surface area contributed by atoms with Crippen molar-refractivity contribution in [3.8, 4) is 0 Å². The maximum atomic E-state index is 10.4. The summed E-state index contributed by atoms with van der Waals surface area (Å²) in [5.74, 6) is -1.31. The molecule has 0 fully saturated rings. The lowest BCUT2D eigenvalue weighted by Gasteiger charge is -2.18. The standard InChI is InChI=1S/C18H15S.C10H14.C8H14O4.C7H16S.2C5H12.C4H10/c1-4-10-16(11-5-1)19(17-12-6-2-7-13-17)18-14-8-3-9-15-18;1-10(2,3)9-7-5-4-6-8-9;1-2-3-4-6(8(11)12)5-7(9)10;1-7(2,3)5-4-6-8;2*1-5(2,3)4;1-4(2)3/h1-15H;4-8H,1-3H3;6H,2-5H2,1H3,(H,9,10)(H,11,12);8H,4-6H2,1-3H3;2*1-4H3;4H,1-3H3/q+1;;;;;;/p-1. The zero-order valence-corrected chi connectivity index (χ0v) is 44.9. The van der Waals surface area contributed by atoms with E-state index in [4.69, 9.17) is 5.11 Å². The number of benzene rings is 4. The predicted molar refractivity (Wildman–Crippen MR) is 280 cm³/mol. The van der Waals surface area contributed by atoms with Crippen LogP contribution in [-0.4, -0.2) is 22.8 Å². The maximum absolute atomic E-state index is 10.4. The van der Waals surface area contributed by atoms with E-state index in [1.807, 2.05) is 6.92 Å². The number of carbonyl (C=O) groups excluding carboxylic acids is 1. The molecule has 6 heteroatoms. The molecule has 0 heterocycles. The van der Waals surface area contributed by atoms with Gasteiger partial charge in [-0.1, -0.05) is 222 Å². The Morgan fingerprint density at radius 1 is 0.587 bits per heavy atom. The third-order valence-electron chi connectivity index (χ3n) is 7.32. The molecule has 0 saturated carbocycles. The molecule has 0 spiro atoms. The highest BCUT2D eigenvalue weighted by Gasteiger charge is 2.27. The second-order valence-corrected chi connectivity index (χ2v) is 24.2. The van der Waals surface area contributed by atoms with Gasteiger partial charge in [0.2, 0.25) is 0 Å². The molecule has 4 aromatic rings. The van der Waals surface area contributed by atoms with Crippen molar-refractivity contribution in [2.24, 2.45) is 28.1 Å². The fourth-order valence-corrected chi connectivity index (χ4v) is 6.85. The summed E-state index contributed by atoms with van der Waals surface area (Å²) in [5.41, 5.74) is 3.19. The van der Waals surface area contributed by atoms with Crippen LogP contribution in [-0.2, 0) is 25.9 Å². The number of carboxylic acid groups (broad SMARTS) is 2. The average molecular weight is 905 g/mol. The van der Waals surface area contributed by atoms with E-state index in [1.165, 1.54) is 33.1 Å². The van der Waals surface area contributed by atoms with E-state index in [0.717, 1.165) is 24.5 Å². The maximum Gasteiger partial charge on any atom is 0.304 e. The summed E-state index contributed by atoms with van der Waals surface area (Å²) in [6.07, 6.45) is 4.19. The molecule has 0 radical (unpaired) electrons. The first-order chi connectivity index (χ1) is 28.9. The van der Waals surface area contributed by atoms with Crippen LogP contribution in [0.15, 0.2) is 136 Å². The highest BCUT2D eigenvalue weighted by atomic mass is 32.2. The van der Waals surface area contributed by atoms with Crippen LogP contribution in [0.1, 0.15) is 169 Å². The molecular weight excluding hydrogens is 813 g/mol. The Bertz CT molecular complexity index is 1530. The molecule has 1 atom stereocenters. The average Bonchev–Trinajstić information content (AvgIpc) is 3.16. The summed E-state index contributed by atoms with van der Waals surface area (Å²) in [5, 5.41) is 18.7. The van der Waals surface area contributed by atoms with Crippen molar-refractivity contribution in [1.82, 2.24) is 0 Å². The number of aliphatic carboxylic acids is 2. The molecule has 356 valence electrons. The fraction of sp³-hybridized carbons (Fsp3) is 0.544. The van der Waals surface area contributed by atoms with Crippen molar-refractivity contribution in [3.05, 3.63) is 127 Å². The molecule has 1 N–H and O–H groups in total. The third kappa shape index (κ3) is 46.3. The predicted octanol–water partition coefficient (Wildman–Crippen LogP) is 16.3. The second-order valence-electron chi connectivity index (χ2n) is 21.7. The van der Waals surface area contributed by atoms with Crippen molar-refractivity contribution in [2.45, 2.75) is 183 Å².